The van der Waals surface area contributed by atoms with Gasteiger partial charge in [0.1, 0.15) is 11.3 Å². The van der Waals surface area contributed by atoms with Crippen molar-refractivity contribution < 1.29 is 9.32 Å². The molecule has 0 unspecified atom stereocenters. The summed E-state index contributed by atoms with van der Waals surface area (Å²) >= 11 is 0. The molecule has 0 aliphatic carbocycles. The van der Waals surface area contributed by atoms with Gasteiger partial charge in [-0.1, -0.05) is 53.2 Å². The molecule has 0 aliphatic rings. The summed E-state index contributed by atoms with van der Waals surface area (Å²) in [6.45, 7) is 6.08. The van der Waals surface area contributed by atoms with Gasteiger partial charge in [-0.25, -0.2) is 0 Å². The molecule has 1 aromatic heterocycles. The first-order valence-electron chi connectivity index (χ1n) is 7.91. The lowest BCUT2D eigenvalue weighted by Gasteiger charge is -2.23. The lowest BCUT2D eigenvalue weighted by Crippen LogP contribution is -2.31. The number of rotatable bonds is 4. The molecule has 24 heavy (non-hydrogen) atoms. The molecule has 0 atom stereocenters. The number of carbonyl (C=O) groups is 1. The van der Waals surface area contributed by atoms with Crippen LogP contribution in [0, 0.1) is 20.8 Å². The fourth-order valence-corrected chi connectivity index (χ4v) is 2.69. The molecule has 3 aromatic rings. The number of amides is 1. The Kier molecular flexibility index (Phi) is 4.47. The zero-order valence-corrected chi connectivity index (χ0v) is 14.1. The van der Waals surface area contributed by atoms with Crippen LogP contribution in [-0.4, -0.2) is 11.1 Å². The summed E-state index contributed by atoms with van der Waals surface area (Å²) in [4.78, 5) is 14.9. The van der Waals surface area contributed by atoms with Crippen LogP contribution in [0.25, 0.3) is 0 Å². The van der Waals surface area contributed by atoms with Gasteiger partial charge in [-0.3, -0.25) is 4.79 Å². The highest BCUT2D eigenvalue weighted by Crippen LogP contribution is 2.23. The first kappa shape index (κ1) is 16.0. The maximum atomic E-state index is 13.2. The van der Waals surface area contributed by atoms with E-state index in [1.807, 2.05) is 61.5 Å². The maximum Gasteiger partial charge on any atom is 0.264 e. The highest BCUT2D eigenvalue weighted by atomic mass is 16.5. The van der Waals surface area contributed by atoms with Crippen LogP contribution < -0.4 is 4.90 Å². The first-order chi connectivity index (χ1) is 11.6. The quantitative estimate of drug-likeness (QED) is 0.713. The molecule has 1 amide bonds. The minimum absolute atomic E-state index is 0.0982. The second-order valence-electron chi connectivity index (χ2n) is 5.91. The molecule has 0 saturated carbocycles. The fraction of sp³-hybridized carbons (Fsp3) is 0.200. The summed E-state index contributed by atoms with van der Waals surface area (Å²) in [6.07, 6.45) is 0. The first-order valence-corrected chi connectivity index (χ1v) is 7.91. The van der Waals surface area contributed by atoms with Crippen molar-refractivity contribution in [3.8, 4) is 0 Å². The van der Waals surface area contributed by atoms with Gasteiger partial charge in [0, 0.05) is 5.69 Å². The van der Waals surface area contributed by atoms with Crippen LogP contribution in [0.2, 0.25) is 0 Å². The number of benzene rings is 2. The van der Waals surface area contributed by atoms with Gasteiger partial charge in [0.15, 0.2) is 0 Å². The minimum atomic E-state index is -0.0982. The Bertz CT molecular complexity index is 816. The van der Waals surface area contributed by atoms with Crippen LogP contribution in [0.1, 0.15) is 32.9 Å². The van der Waals surface area contributed by atoms with E-state index in [0.29, 0.717) is 23.6 Å². The van der Waals surface area contributed by atoms with Crippen molar-refractivity contribution in [1.29, 1.82) is 0 Å². The molecule has 0 N–H and O–H groups in total. The Morgan fingerprint density at radius 3 is 2.25 bits per heavy atom. The van der Waals surface area contributed by atoms with E-state index in [-0.39, 0.29) is 5.91 Å². The average molecular weight is 320 g/mol. The van der Waals surface area contributed by atoms with Gasteiger partial charge < -0.3 is 9.42 Å². The summed E-state index contributed by atoms with van der Waals surface area (Å²) in [5.74, 6) is 0.446. The highest BCUT2D eigenvalue weighted by molar-refractivity contribution is 6.07. The van der Waals surface area contributed by atoms with Crippen molar-refractivity contribution in [2.45, 2.75) is 27.3 Å². The number of hydrogen-bond donors (Lipinski definition) is 0. The predicted molar refractivity (Wildman–Crippen MR) is 94.1 cm³/mol. The number of carbonyl (C=O) groups excluding carboxylic acids is 1. The standard InChI is InChI=1S/C20H20N2O2/c1-14-9-11-18(12-10-14)22(13-17-7-5-4-6-8-17)20(23)19-15(2)21-24-16(19)3/h4-12H,13H2,1-3H3. The van der Waals surface area contributed by atoms with E-state index in [9.17, 15) is 4.79 Å². The molecule has 1 heterocycles. The van der Waals surface area contributed by atoms with Crippen LogP contribution in [0.5, 0.6) is 0 Å². The lowest BCUT2D eigenvalue weighted by atomic mass is 10.1. The van der Waals surface area contributed by atoms with Gasteiger partial charge in [-0.05, 0) is 38.5 Å². The molecule has 122 valence electrons. The molecule has 3 rings (SSSR count). The third-order valence-corrected chi connectivity index (χ3v) is 4.02. The van der Waals surface area contributed by atoms with Crippen molar-refractivity contribution in [2.24, 2.45) is 0 Å². The molecule has 4 heteroatoms. The average Bonchev–Trinajstić information content (AvgIpc) is 2.93. The molecule has 0 aliphatic heterocycles. The van der Waals surface area contributed by atoms with Crippen LogP contribution >= 0.6 is 0 Å². The van der Waals surface area contributed by atoms with E-state index in [4.69, 9.17) is 4.52 Å². The van der Waals surface area contributed by atoms with Gasteiger partial charge in [0.25, 0.3) is 5.91 Å². The largest absolute Gasteiger partial charge is 0.361 e. The molecule has 0 saturated heterocycles. The number of aromatic nitrogens is 1. The van der Waals surface area contributed by atoms with E-state index in [2.05, 4.69) is 5.16 Å². The van der Waals surface area contributed by atoms with Crippen LogP contribution in [-0.2, 0) is 6.54 Å². The van der Waals surface area contributed by atoms with E-state index < -0.39 is 0 Å². The monoisotopic (exact) mass is 320 g/mol. The summed E-state index contributed by atoms with van der Waals surface area (Å²) < 4.78 is 5.17. The van der Waals surface area contributed by atoms with E-state index >= 15 is 0 Å². The molecule has 0 spiro atoms. The topological polar surface area (TPSA) is 46.3 Å². The SMILES string of the molecule is Cc1ccc(N(Cc2ccccc2)C(=O)c2c(C)noc2C)cc1. The highest BCUT2D eigenvalue weighted by Gasteiger charge is 2.24. The molecular formula is C20H20N2O2. The molecular weight excluding hydrogens is 300 g/mol. The van der Waals surface area contributed by atoms with Crippen molar-refractivity contribution in [1.82, 2.24) is 5.16 Å². The summed E-state index contributed by atoms with van der Waals surface area (Å²) in [6, 6.07) is 17.9. The molecule has 4 nitrogen and oxygen atoms in total. The second kappa shape index (κ2) is 6.71. The van der Waals surface area contributed by atoms with E-state index in [1.54, 1.807) is 18.7 Å². The summed E-state index contributed by atoms with van der Waals surface area (Å²) in [7, 11) is 0. The maximum absolute atomic E-state index is 13.2. The Morgan fingerprint density at radius 2 is 1.67 bits per heavy atom. The smallest absolute Gasteiger partial charge is 0.264 e. The summed E-state index contributed by atoms with van der Waals surface area (Å²) in [5, 5.41) is 3.91. The minimum Gasteiger partial charge on any atom is -0.361 e. The number of anilines is 1. The van der Waals surface area contributed by atoms with Crippen LogP contribution in [0.3, 0.4) is 0 Å². The third kappa shape index (κ3) is 3.23. The van der Waals surface area contributed by atoms with Crippen molar-refractivity contribution >= 4 is 11.6 Å². The predicted octanol–water partition coefficient (Wildman–Crippen LogP) is 4.45. The number of aryl methyl sites for hydroxylation is 3. The van der Waals surface area contributed by atoms with Crippen LogP contribution in [0.15, 0.2) is 59.1 Å². The number of nitrogens with zero attached hydrogens (tertiary/aromatic N) is 2. The zero-order chi connectivity index (χ0) is 17.1. The fourth-order valence-electron chi connectivity index (χ4n) is 2.69. The van der Waals surface area contributed by atoms with Crippen molar-refractivity contribution in [2.75, 3.05) is 4.90 Å². The Morgan fingerprint density at radius 1 is 1.00 bits per heavy atom. The van der Waals surface area contributed by atoms with Gasteiger partial charge in [-0.2, -0.15) is 0 Å². The normalized spacial score (nSPS) is 10.6. The zero-order valence-electron chi connectivity index (χ0n) is 14.1. The molecule has 0 radical (unpaired) electrons. The molecule has 0 bridgehead atoms. The molecule has 0 fully saturated rings. The Hall–Kier alpha value is -2.88. The van der Waals surface area contributed by atoms with Gasteiger partial charge in [-0.15, -0.1) is 0 Å². The van der Waals surface area contributed by atoms with E-state index in [1.165, 1.54) is 0 Å². The molecule has 2 aromatic carbocycles. The van der Waals surface area contributed by atoms with E-state index in [0.717, 1.165) is 16.8 Å². The lowest BCUT2D eigenvalue weighted by molar-refractivity contribution is 0.0983. The second-order valence-corrected chi connectivity index (χ2v) is 5.91. The Labute approximate surface area is 141 Å². The third-order valence-electron chi connectivity index (χ3n) is 4.02. The summed E-state index contributed by atoms with van der Waals surface area (Å²) in [5.41, 5.74) is 4.23. The van der Waals surface area contributed by atoms with Gasteiger partial charge in [0.05, 0.1) is 12.2 Å². The van der Waals surface area contributed by atoms with Crippen molar-refractivity contribution in [3.63, 3.8) is 0 Å². The Balaban J connectivity index is 2.01. The van der Waals surface area contributed by atoms with Gasteiger partial charge in [0.2, 0.25) is 0 Å². The number of hydrogen-bond acceptors (Lipinski definition) is 3. The van der Waals surface area contributed by atoms with Crippen molar-refractivity contribution in [3.05, 3.63) is 82.7 Å². The van der Waals surface area contributed by atoms with Crippen LogP contribution in [0.4, 0.5) is 5.69 Å². The van der Waals surface area contributed by atoms with Gasteiger partial charge >= 0.3 is 0 Å².